The predicted octanol–water partition coefficient (Wildman–Crippen LogP) is 0.645. The first kappa shape index (κ1) is 6.11. The predicted molar refractivity (Wildman–Crippen MR) is 31.3 cm³/mol. The van der Waals surface area contributed by atoms with Crippen LogP contribution in [0.25, 0.3) is 0 Å². The van der Waals surface area contributed by atoms with Crippen molar-refractivity contribution in [3.8, 4) is 0 Å². The zero-order chi connectivity index (χ0) is 3.54. The van der Waals surface area contributed by atoms with Gasteiger partial charge in [-0.2, -0.15) is 5.10 Å². The number of nitrogens with one attached hydrogen (secondary N) is 1. The summed E-state index contributed by atoms with van der Waals surface area (Å²) in [4.78, 5) is 2.71. The van der Waals surface area contributed by atoms with Crippen LogP contribution >= 0.6 is 24.4 Å². The molecule has 0 aromatic heterocycles. The van der Waals surface area contributed by atoms with E-state index in [1.165, 1.54) is 0 Å². The highest BCUT2D eigenvalue weighted by atomic mass is 35.5. The summed E-state index contributed by atoms with van der Waals surface area (Å²) in [5, 5.41) is 3.67. The van der Waals surface area contributed by atoms with E-state index in [2.05, 4.69) is 9.93 Å². The van der Waals surface area contributed by atoms with Crippen LogP contribution in [0.3, 0.4) is 0 Å². The molecule has 0 bridgehead atoms. The lowest BCUT2D eigenvalue weighted by molar-refractivity contribution is 1.15. The highest BCUT2D eigenvalue weighted by molar-refractivity contribution is 7.98. The van der Waals surface area contributed by atoms with Gasteiger partial charge < -0.3 is 0 Å². The van der Waals surface area contributed by atoms with Gasteiger partial charge in [0.1, 0.15) is 0 Å². The Bertz CT molecular complexity index is 49.5. The molecule has 0 saturated carbocycles. The molecule has 1 rings (SSSR count). The molecule has 0 spiro atoms. The van der Waals surface area contributed by atoms with Crippen LogP contribution in [0.2, 0.25) is 0 Å². The average Bonchev–Trinajstić information content (AvgIpc) is 1.76. The zero-order valence-electron chi connectivity index (χ0n) is 3.05. The molecule has 0 aromatic carbocycles. The van der Waals surface area contributed by atoms with Gasteiger partial charge in [-0.3, -0.25) is 4.83 Å². The Hall–Kier alpha value is 0.110. The van der Waals surface area contributed by atoms with E-state index in [1.54, 1.807) is 11.9 Å². The fraction of sp³-hybridized carbons (Fsp3) is 0.500. The van der Waals surface area contributed by atoms with Gasteiger partial charge >= 0.3 is 0 Å². The molecular formula is C2H5ClN2S. The van der Waals surface area contributed by atoms with E-state index in [4.69, 9.17) is 0 Å². The van der Waals surface area contributed by atoms with E-state index in [1.807, 2.05) is 6.21 Å². The van der Waals surface area contributed by atoms with Crippen LogP contribution in [-0.2, 0) is 0 Å². The van der Waals surface area contributed by atoms with E-state index in [0.29, 0.717) is 0 Å². The summed E-state index contributed by atoms with van der Waals surface area (Å²) in [6.07, 6.45) is 1.84. The largest absolute Gasteiger partial charge is 0.252 e. The third-order valence-electron chi connectivity index (χ3n) is 0.366. The Kier molecular flexibility index (Phi) is 3.37. The van der Waals surface area contributed by atoms with Gasteiger partial charge in [-0.05, 0) is 11.9 Å². The third kappa shape index (κ3) is 1.52. The van der Waals surface area contributed by atoms with Gasteiger partial charge in [0, 0.05) is 6.21 Å². The Morgan fingerprint density at radius 1 is 1.83 bits per heavy atom. The molecule has 6 heavy (non-hydrogen) atoms. The maximum Gasteiger partial charge on any atom is 0.0519 e. The van der Waals surface area contributed by atoms with Crippen molar-refractivity contribution in [2.75, 3.05) is 5.75 Å². The molecule has 0 unspecified atom stereocenters. The van der Waals surface area contributed by atoms with E-state index >= 15 is 0 Å². The minimum atomic E-state index is 0. The third-order valence-corrected chi connectivity index (χ3v) is 0.917. The van der Waals surface area contributed by atoms with Crippen LogP contribution in [0.5, 0.6) is 0 Å². The minimum absolute atomic E-state index is 0. The van der Waals surface area contributed by atoms with Gasteiger partial charge in [0.25, 0.3) is 0 Å². The zero-order valence-corrected chi connectivity index (χ0v) is 4.68. The standard InChI is InChI=1S/C2H4N2S.ClH/c1-2-5-4-3-1;/h1,4H,2H2;1H. The van der Waals surface area contributed by atoms with Gasteiger partial charge in [0.2, 0.25) is 0 Å². The highest BCUT2D eigenvalue weighted by Crippen LogP contribution is 1.93. The quantitative estimate of drug-likeness (QED) is 0.480. The van der Waals surface area contributed by atoms with Crippen molar-refractivity contribution in [3.05, 3.63) is 0 Å². The molecule has 0 aliphatic carbocycles. The molecule has 2 nitrogen and oxygen atoms in total. The average molecular weight is 125 g/mol. The summed E-state index contributed by atoms with van der Waals surface area (Å²) in [5.74, 6) is 1.01. The second kappa shape index (κ2) is 3.31. The number of hydrogen-bond donors (Lipinski definition) is 1. The van der Waals surface area contributed by atoms with Crippen LogP contribution < -0.4 is 4.83 Å². The lowest BCUT2D eigenvalue weighted by atomic mass is 10.9. The molecule has 36 valence electrons. The molecule has 1 N–H and O–H groups in total. The molecule has 1 aliphatic rings. The minimum Gasteiger partial charge on any atom is -0.252 e. The molecule has 0 radical (unpaired) electrons. The maximum atomic E-state index is 3.67. The maximum absolute atomic E-state index is 3.67. The fourth-order valence-electron chi connectivity index (χ4n) is 0.186. The summed E-state index contributed by atoms with van der Waals surface area (Å²) >= 11 is 1.60. The molecule has 0 fully saturated rings. The number of halogens is 1. The van der Waals surface area contributed by atoms with Crippen LogP contribution in [0.4, 0.5) is 0 Å². The summed E-state index contributed by atoms with van der Waals surface area (Å²) in [5.41, 5.74) is 0. The fourth-order valence-corrected chi connectivity index (χ4v) is 0.559. The van der Waals surface area contributed by atoms with Gasteiger partial charge in [-0.25, -0.2) is 0 Å². The lowest BCUT2D eigenvalue weighted by Gasteiger charge is -1.75. The van der Waals surface area contributed by atoms with Crippen molar-refractivity contribution >= 4 is 30.6 Å². The Morgan fingerprint density at radius 2 is 2.67 bits per heavy atom. The Labute approximate surface area is 46.9 Å². The van der Waals surface area contributed by atoms with Crippen molar-refractivity contribution in [1.82, 2.24) is 4.83 Å². The van der Waals surface area contributed by atoms with Gasteiger partial charge in [0.05, 0.1) is 5.75 Å². The van der Waals surface area contributed by atoms with Crippen LogP contribution in [-0.4, -0.2) is 12.0 Å². The molecule has 0 amide bonds. The lowest BCUT2D eigenvalue weighted by Crippen LogP contribution is -1.78. The Balaban J connectivity index is 0.000000250. The summed E-state index contributed by atoms with van der Waals surface area (Å²) in [6, 6.07) is 0. The molecule has 1 aliphatic heterocycles. The SMILES string of the molecule is C1=NNSC1.Cl. The first-order valence-corrected chi connectivity index (χ1v) is 2.37. The molecular weight excluding hydrogens is 120 g/mol. The first-order chi connectivity index (χ1) is 2.50. The summed E-state index contributed by atoms with van der Waals surface area (Å²) < 4.78 is 0. The van der Waals surface area contributed by atoms with Gasteiger partial charge in [0.15, 0.2) is 0 Å². The van der Waals surface area contributed by atoms with E-state index < -0.39 is 0 Å². The number of hydrogen-bond acceptors (Lipinski definition) is 3. The smallest absolute Gasteiger partial charge is 0.0519 e. The van der Waals surface area contributed by atoms with Crippen LogP contribution in [0.15, 0.2) is 5.10 Å². The van der Waals surface area contributed by atoms with Crippen molar-refractivity contribution in [2.24, 2.45) is 5.10 Å². The Morgan fingerprint density at radius 3 is 2.83 bits per heavy atom. The summed E-state index contributed by atoms with van der Waals surface area (Å²) in [7, 11) is 0. The topological polar surface area (TPSA) is 24.4 Å². The second-order valence-corrected chi connectivity index (χ2v) is 1.52. The summed E-state index contributed by atoms with van der Waals surface area (Å²) in [6.45, 7) is 0. The van der Waals surface area contributed by atoms with Crippen molar-refractivity contribution in [2.45, 2.75) is 0 Å². The number of hydrazone groups is 1. The molecule has 0 aromatic rings. The van der Waals surface area contributed by atoms with Gasteiger partial charge in [-0.1, -0.05) is 0 Å². The van der Waals surface area contributed by atoms with Crippen molar-refractivity contribution < 1.29 is 0 Å². The van der Waals surface area contributed by atoms with E-state index in [-0.39, 0.29) is 12.4 Å². The van der Waals surface area contributed by atoms with Crippen LogP contribution in [0, 0.1) is 0 Å². The number of nitrogens with zero attached hydrogens (tertiary/aromatic N) is 1. The molecule has 1 heterocycles. The van der Waals surface area contributed by atoms with Gasteiger partial charge in [-0.15, -0.1) is 12.4 Å². The van der Waals surface area contributed by atoms with E-state index in [0.717, 1.165) is 5.75 Å². The monoisotopic (exact) mass is 124 g/mol. The van der Waals surface area contributed by atoms with Crippen molar-refractivity contribution in [1.29, 1.82) is 0 Å². The van der Waals surface area contributed by atoms with Crippen molar-refractivity contribution in [3.63, 3.8) is 0 Å². The normalized spacial score (nSPS) is 16.0. The second-order valence-electron chi connectivity index (χ2n) is 0.714. The molecule has 0 saturated heterocycles. The van der Waals surface area contributed by atoms with Crippen LogP contribution in [0.1, 0.15) is 0 Å². The highest BCUT2D eigenvalue weighted by Gasteiger charge is 1.84. The first-order valence-electron chi connectivity index (χ1n) is 1.38. The number of rotatable bonds is 0. The van der Waals surface area contributed by atoms with E-state index in [9.17, 15) is 0 Å². The molecule has 4 heteroatoms. The molecule has 0 atom stereocenters.